The van der Waals surface area contributed by atoms with Crippen molar-refractivity contribution in [2.45, 2.75) is 44.5 Å². The van der Waals surface area contributed by atoms with Crippen molar-refractivity contribution >= 4 is 11.6 Å². The molecule has 4 rings (SSSR count). The lowest BCUT2D eigenvalue weighted by atomic mass is 9.76. The molecule has 1 fully saturated rings. The van der Waals surface area contributed by atoms with E-state index < -0.39 is 11.9 Å². The fourth-order valence-electron chi connectivity index (χ4n) is 4.44. The highest BCUT2D eigenvalue weighted by Crippen LogP contribution is 2.68. The molecular weight excluding hydrogens is 314 g/mol. The summed E-state index contributed by atoms with van der Waals surface area (Å²) in [5, 5.41) is 15.1. The number of aryl methyl sites for hydroxylation is 1. The standard InChI is InChI=1S/C17H20ClN3O2/c1-16(2)11-6-7-17(16,12-5-4-8-19-13(11)12)23-15(22)10-9-20-21(3)14(10)18/h4-5,8-9,11,15,22H,6-7H2,1-3H3. The maximum atomic E-state index is 10.7. The molecule has 2 aliphatic rings. The van der Waals surface area contributed by atoms with Gasteiger partial charge in [-0.1, -0.05) is 31.5 Å². The summed E-state index contributed by atoms with van der Waals surface area (Å²) in [4.78, 5) is 4.58. The van der Waals surface area contributed by atoms with Gasteiger partial charge in [-0.15, -0.1) is 0 Å². The van der Waals surface area contributed by atoms with Crippen LogP contribution in [0.25, 0.3) is 0 Å². The van der Waals surface area contributed by atoms with E-state index in [1.54, 1.807) is 13.2 Å². The van der Waals surface area contributed by atoms with Gasteiger partial charge < -0.3 is 9.84 Å². The zero-order valence-electron chi connectivity index (χ0n) is 13.5. The van der Waals surface area contributed by atoms with Crippen LogP contribution >= 0.6 is 11.6 Å². The van der Waals surface area contributed by atoms with E-state index in [1.807, 2.05) is 12.3 Å². The molecule has 2 aliphatic carbocycles. The molecule has 2 aromatic heterocycles. The lowest BCUT2D eigenvalue weighted by Gasteiger charge is -2.40. The summed E-state index contributed by atoms with van der Waals surface area (Å²) in [6.45, 7) is 4.40. The molecule has 0 saturated heterocycles. The van der Waals surface area contributed by atoms with Crippen LogP contribution in [-0.2, 0) is 17.4 Å². The normalized spacial score (nSPS) is 28.8. The quantitative estimate of drug-likeness (QED) is 0.876. The van der Waals surface area contributed by atoms with Gasteiger partial charge in [0.25, 0.3) is 0 Å². The molecular formula is C17H20ClN3O2. The summed E-state index contributed by atoms with van der Waals surface area (Å²) in [6.07, 6.45) is 4.17. The average Bonchev–Trinajstić information content (AvgIpc) is 3.05. The van der Waals surface area contributed by atoms with E-state index in [1.165, 1.54) is 4.68 Å². The number of fused-ring (bicyclic) bond motifs is 5. The van der Waals surface area contributed by atoms with E-state index in [2.05, 4.69) is 30.0 Å². The Kier molecular flexibility index (Phi) is 3.15. The lowest BCUT2D eigenvalue weighted by molar-refractivity contribution is -0.223. The zero-order valence-corrected chi connectivity index (χ0v) is 14.2. The van der Waals surface area contributed by atoms with Crippen LogP contribution in [0.4, 0.5) is 0 Å². The Morgan fingerprint density at radius 1 is 1.48 bits per heavy atom. The minimum Gasteiger partial charge on any atom is -0.364 e. The van der Waals surface area contributed by atoms with Crippen molar-refractivity contribution in [1.82, 2.24) is 14.8 Å². The van der Waals surface area contributed by atoms with Crippen molar-refractivity contribution in [2.24, 2.45) is 12.5 Å². The van der Waals surface area contributed by atoms with Gasteiger partial charge in [-0.2, -0.15) is 5.10 Å². The Hall–Kier alpha value is -1.43. The average molecular weight is 334 g/mol. The first-order chi connectivity index (χ1) is 10.9. The van der Waals surface area contributed by atoms with E-state index in [4.69, 9.17) is 16.3 Å². The van der Waals surface area contributed by atoms with E-state index >= 15 is 0 Å². The van der Waals surface area contributed by atoms with Crippen LogP contribution in [0, 0.1) is 5.41 Å². The van der Waals surface area contributed by atoms with Crippen LogP contribution in [-0.4, -0.2) is 19.9 Å². The third-order valence-electron chi connectivity index (χ3n) is 5.77. The maximum Gasteiger partial charge on any atom is 0.186 e. The summed E-state index contributed by atoms with van der Waals surface area (Å²) in [6, 6.07) is 4.00. The van der Waals surface area contributed by atoms with Crippen molar-refractivity contribution in [3.05, 3.63) is 46.5 Å². The molecule has 0 aromatic carbocycles. The summed E-state index contributed by atoms with van der Waals surface area (Å²) in [7, 11) is 1.74. The molecule has 1 N–H and O–H groups in total. The Balaban J connectivity index is 1.76. The number of aliphatic hydroxyl groups is 1. The molecule has 3 atom stereocenters. The fourth-order valence-corrected chi connectivity index (χ4v) is 4.63. The summed E-state index contributed by atoms with van der Waals surface area (Å²) in [5.74, 6) is 0.357. The second kappa shape index (κ2) is 4.79. The van der Waals surface area contributed by atoms with Gasteiger partial charge in [-0.25, -0.2) is 0 Å². The van der Waals surface area contributed by atoms with Gasteiger partial charge in [-0.05, 0) is 18.9 Å². The molecule has 2 heterocycles. The van der Waals surface area contributed by atoms with Crippen molar-refractivity contribution < 1.29 is 9.84 Å². The van der Waals surface area contributed by atoms with Crippen molar-refractivity contribution in [3.8, 4) is 0 Å². The number of nitrogens with zero attached hydrogens (tertiary/aromatic N) is 3. The largest absolute Gasteiger partial charge is 0.364 e. The van der Waals surface area contributed by atoms with Gasteiger partial charge in [0.05, 0.1) is 17.5 Å². The Morgan fingerprint density at radius 3 is 2.96 bits per heavy atom. The van der Waals surface area contributed by atoms with Crippen molar-refractivity contribution in [2.75, 3.05) is 0 Å². The van der Waals surface area contributed by atoms with Gasteiger partial charge in [0.15, 0.2) is 6.29 Å². The van der Waals surface area contributed by atoms with Crippen LogP contribution in [0.5, 0.6) is 0 Å². The molecule has 3 unspecified atom stereocenters. The number of halogens is 1. The zero-order chi connectivity index (χ0) is 16.4. The van der Waals surface area contributed by atoms with E-state index in [0.29, 0.717) is 16.6 Å². The number of hydrogen-bond donors (Lipinski definition) is 1. The molecule has 1 saturated carbocycles. The van der Waals surface area contributed by atoms with Crippen LogP contribution < -0.4 is 0 Å². The third-order valence-corrected chi connectivity index (χ3v) is 6.23. The predicted molar refractivity (Wildman–Crippen MR) is 85.9 cm³/mol. The Labute approximate surface area is 140 Å². The summed E-state index contributed by atoms with van der Waals surface area (Å²) in [5.41, 5.74) is 2.04. The molecule has 6 heteroatoms. The van der Waals surface area contributed by atoms with Crippen LogP contribution in [0.2, 0.25) is 5.15 Å². The van der Waals surface area contributed by atoms with E-state index in [-0.39, 0.29) is 5.41 Å². The fraction of sp³-hybridized carbons (Fsp3) is 0.529. The first-order valence-corrected chi connectivity index (χ1v) is 8.25. The molecule has 2 aromatic rings. The topological polar surface area (TPSA) is 60.2 Å². The minimum absolute atomic E-state index is 0.126. The molecule has 0 amide bonds. The second-order valence-electron chi connectivity index (χ2n) is 7.06. The highest BCUT2D eigenvalue weighted by molar-refractivity contribution is 6.30. The number of aromatic nitrogens is 3. The minimum atomic E-state index is -1.11. The molecule has 0 spiro atoms. The first kappa shape index (κ1) is 15.1. The number of aliphatic hydroxyl groups excluding tert-OH is 1. The SMILES string of the molecule is Cn1ncc(C(O)OC23CCC(c4ncccc42)C3(C)C)c1Cl. The number of pyridine rings is 1. The molecule has 122 valence electrons. The Bertz CT molecular complexity index is 773. The van der Waals surface area contributed by atoms with Crippen LogP contribution in [0.1, 0.15) is 55.7 Å². The van der Waals surface area contributed by atoms with Gasteiger partial charge in [0.1, 0.15) is 10.8 Å². The van der Waals surface area contributed by atoms with Gasteiger partial charge in [0.2, 0.25) is 0 Å². The van der Waals surface area contributed by atoms with E-state index in [0.717, 1.165) is 24.1 Å². The number of rotatable bonds is 3. The second-order valence-corrected chi connectivity index (χ2v) is 7.42. The summed E-state index contributed by atoms with van der Waals surface area (Å²) >= 11 is 6.21. The first-order valence-electron chi connectivity index (χ1n) is 7.87. The van der Waals surface area contributed by atoms with Crippen molar-refractivity contribution in [3.63, 3.8) is 0 Å². The number of hydrogen-bond acceptors (Lipinski definition) is 4. The maximum absolute atomic E-state index is 10.7. The monoisotopic (exact) mass is 333 g/mol. The van der Waals surface area contributed by atoms with Crippen molar-refractivity contribution in [1.29, 1.82) is 0 Å². The van der Waals surface area contributed by atoms with Gasteiger partial charge >= 0.3 is 0 Å². The molecule has 0 aliphatic heterocycles. The van der Waals surface area contributed by atoms with E-state index in [9.17, 15) is 5.11 Å². The third kappa shape index (κ3) is 1.81. The lowest BCUT2D eigenvalue weighted by Crippen LogP contribution is -2.39. The number of ether oxygens (including phenoxy) is 1. The molecule has 23 heavy (non-hydrogen) atoms. The van der Waals surface area contributed by atoms with Gasteiger partial charge in [0, 0.05) is 30.1 Å². The van der Waals surface area contributed by atoms with Gasteiger partial charge in [-0.3, -0.25) is 9.67 Å². The molecule has 0 radical (unpaired) electrons. The molecule has 5 nitrogen and oxygen atoms in total. The smallest absolute Gasteiger partial charge is 0.186 e. The van der Waals surface area contributed by atoms with Crippen LogP contribution in [0.3, 0.4) is 0 Å². The Morgan fingerprint density at radius 2 is 2.26 bits per heavy atom. The molecule has 2 bridgehead atoms. The van der Waals surface area contributed by atoms with Crippen LogP contribution in [0.15, 0.2) is 24.5 Å². The highest BCUT2D eigenvalue weighted by Gasteiger charge is 2.64. The highest BCUT2D eigenvalue weighted by atomic mass is 35.5. The summed E-state index contributed by atoms with van der Waals surface area (Å²) < 4.78 is 7.81. The predicted octanol–water partition coefficient (Wildman–Crippen LogP) is 3.29.